The van der Waals surface area contributed by atoms with E-state index in [0.717, 1.165) is 6.92 Å². The van der Waals surface area contributed by atoms with Gasteiger partial charge in [-0.25, -0.2) is 15.4 Å². The Kier molecular flexibility index (Phi) is 2.64. The lowest BCUT2D eigenvalue weighted by molar-refractivity contribution is -0.133. The summed E-state index contributed by atoms with van der Waals surface area (Å²) in [5.74, 6) is -4.18. The van der Waals surface area contributed by atoms with E-state index < -0.39 is 18.4 Å². The van der Waals surface area contributed by atoms with Crippen molar-refractivity contribution in [1.29, 1.82) is 0 Å². The molecule has 1 unspecified atom stereocenters. The molecule has 0 aliphatic heterocycles. The Labute approximate surface area is 55.5 Å². The zero-order chi connectivity index (χ0) is 8.36. The molecule has 0 fully saturated rings. The van der Waals surface area contributed by atoms with Crippen molar-refractivity contribution in [2.24, 2.45) is 0 Å². The summed E-state index contributed by atoms with van der Waals surface area (Å²) in [6.07, 6.45) is -3.75. The van der Waals surface area contributed by atoms with E-state index in [1.54, 1.807) is 0 Å². The van der Waals surface area contributed by atoms with E-state index in [0.29, 0.717) is 0 Å². The van der Waals surface area contributed by atoms with Crippen LogP contribution in [0.1, 0.15) is 6.92 Å². The van der Waals surface area contributed by atoms with Crippen molar-refractivity contribution < 1.29 is 17.6 Å². The maximum Gasteiger partial charge on any atom is 0.379 e. The molecule has 0 heterocycles. The van der Waals surface area contributed by atoms with Gasteiger partial charge in [-0.05, 0) is 0 Å². The fourth-order valence-electron chi connectivity index (χ4n) is 0.268. The third-order valence-electron chi connectivity index (χ3n) is 1.04. The van der Waals surface area contributed by atoms with Crippen molar-refractivity contribution in [3.05, 3.63) is 11.4 Å². The maximum absolute atomic E-state index is 12.0. The predicted octanol–water partition coefficient (Wildman–Crippen LogP) is 2.19. The van der Waals surface area contributed by atoms with E-state index in [9.17, 15) is 17.6 Å². The van der Waals surface area contributed by atoms with Crippen LogP contribution in [0, 0.1) is 6.57 Å². The van der Waals surface area contributed by atoms with Gasteiger partial charge in [0.2, 0.25) is 0 Å². The van der Waals surface area contributed by atoms with Crippen LogP contribution in [0.25, 0.3) is 4.85 Å². The highest BCUT2D eigenvalue weighted by molar-refractivity contribution is 4.89. The molecule has 58 valence electrons. The summed E-state index contributed by atoms with van der Waals surface area (Å²) < 4.78 is 46.7. The molecule has 0 N–H and O–H groups in total. The minimum absolute atomic E-state index is 0.763. The maximum atomic E-state index is 12.0. The van der Waals surface area contributed by atoms with Crippen molar-refractivity contribution in [2.45, 2.75) is 25.3 Å². The van der Waals surface area contributed by atoms with Gasteiger partial charge in [-0.1, -0.05) is 0 Å². The Morgan fingerprint density at radius 1 is 1.40 bits per heavy atom. The number of nitrogens with zero attached hydrogens (tertiary/aromatic N) is 1. The van der Waals surface area contributed by atoms with Crippen LogP contribution in [0.15, 0.2) is 0 Å². The number of hydrogen-bond donors (Lipinski definition) is 0. The minimum Gasteiger partial charge on any atom is -0.307 e. The van der Waals surface area contributed by atoms with Gasteiger partial charge in [-0.15, -0.1) is 0 Å². The second-order valence-corrected chi connectivity index (χ2v) is 1.78. The van der Waals surface area contributed by atoms with Gasteiger partial charge in [-0.2, -0.15) is 8.78 Å². The first-order chi connectivity index (χ1) is 4.42. The van der Waals surface area contributed by atoms with Gasteiger partial charge in [0.25, 0.3) is 6.04 Å². The molecule has 5 heteroatoms. The highest BCUT2D eigenvalue weighted by Crippen LogP contribution is 2.28. The first kappa shape index (κ1) is 9.21. The van der Waals surface area contributed by atoms with Crippen LogP contribution in [-0.4, -0.2) is 18.4 Å². The van der Waals surface area contributed by atoms with Gasteiger partial charge in [0.15, 0.2) is 0 Å². The van der Waals surface area contributed by atoms with E-state index in [1.165, 1.54) is 0 Å². The Hall–Kier alpha value is -0.790. The lowest BCUT2D eigenvalue weighted by Gasteiger charge is -2.12. The normalized spacial score (nSPS) is 14.9. The summed E-state index contributed by atoms with van der Waals surface area (Å²) in [5, 5.41) is 0. The highest BCUT2D eigenvalue weighted by Gasteiger charge is 2.51. The third-order valence-corrected chi connectivity index (χ3v) is 1.04. The lowest BCUT2D eigenvalue weighted by atomic mass is 10.2. The van der Waals surface area contributed by atoms with Crippen LogP contribution < -0.4 is 0 Å². The van der Waals surface area contributed by atoms with Gasteiger partial charge in [-0.3, -0.25) is 0 Å². The monoisotopic (exact) mass is 155 g/mol. The fourth-order valence-corrected chi connectivity index (χ4v) is 0.268. The average molecular weight is 155 g/mol. The summed E-state index contributed by atoms with van der Waals surface area (Å²) in [6, 6.07) is -1.95. The van der Waals surface area contributed by atoms with Crippen molar-refractivity contribution >= 4 is 0 Å². The molecule has 10 heavy (non-hydrogen) atoms. The molecule has 0 radical (unpaired) electrons. The van der Waals surface area contributed by atoms with Crippen LogP contribution in [0.3, 0.4) is 0 Å². The predicted molar refractivity (Wildman–Crippen MR) is 27.0 cm³/mol. The first-order valence-electron chi connectivity index (χ1n) is 2.45. The van der Waals surface area contributed by atoms with Gasteiger partial charge in [0.05, 0.1) is 0 Å². The molecule has 1 nitrogen and oxygen atoms in total. The lowest BCUT2D eigenvalue weighted by Crippen LogP contribution is -2.36. The number of alkyl halides is 4. The Balaban J connectivity index is 4.27. The molecule has 0 aromatic heterocycles. The van der Waals surface area contributed by atoms with Gasteiger partial charge in [0, 0.05) is 6.92 Å². The summed E-state index contributed by atoms with van der Waals surface area (Å²) >= 11 is 0. The third kappa shape index (κ3) is 1.59. The molecule has 0 aromatic rings. The van der Waals surface area contributed by atoms with E-state index in [4.69, 9.17) is 6.57 Å². The van der Waals surface area contributed by atoms with Gasteiger partial charge in [0.1, 0.15) is 0 Å². The molecule has 0 rings (SSSR count). The Morgan fingerprint density at radius 2 is 1.80 bits per heavy atom. The first-order valence-corrected chi connectivity index (χ1v) is 2.45. The van der Waals surface area contributed by atoms with Crippen LogP contribution in [0.4, 0.5) is 17.6 Å². The summed E-state index contributed by atoms with van der Waals surface area (Å²) in [7, 11) is 0. The van der Waals surface area contributed by atoms with Gasteiger partial charge >= 0.3 is 12.3 Å². The molecule has 0 amide bonds. The van der Waals surface area contributed by atoms with E-state index in [2.05, 4.69) is 4.85 Å². The summed E-state index contributed by atoms with van der Waals surface area (Å²) in [5.41, 5.74) is 0. The number of hydrogen-bond acceptors (Lipinski definition) is 0. The van der Waals surface area contributed by atoms with Crippen molar-refractivity contribution in [3.8, 4) is 0 Å². The van der Waals surface area contributed by atoms with Crippen LogP contribution >= 0.6 is 0 Å². The largest absolute Gasteiger partial charge is 0.379 e. The topological polar surface area (TPSA) is 4.36 Å². The molecule has 0 aliphatic rings. The van der Waals surface area contributed by atoms with E-state index in [-0.39, 0.29) is 0 Å². The zero-order valence-electron chi connectivity index (χ0n) is 5.11. The molecule has 0 saturated heterocycles. The standard InChI is InChI=1S/C5H5F4N/c1-3(10-2)5(8,9)4(6)7/h3-4H,1H3. The quantitative estimate of drug-likeness (QED) is 0.425. The van der Waals surface area contributed by atoms with E-state index >= 15 is 0 Å². The molecule has 0 spiro atoms. The Morgan fingerprint density at radius 3 is 1.90 bits per heavy atom. The van der Waals surface area contributed by atoms with Crippen LogP contribution in [0.5, 0.6) is 0 Å². The molecular formula is C5H5F4N. The van der Waals surface area contributed by atoms with Crippen molar-refractivity contribution in [2.75, 3.05) is 0 Å². The van der Waals surface area contributed by atoms with Crippen molar-refractivity contribution in [1.82, 2.24) is 0 Å². The zero-order valence-corrected chi connectivity index (χ0v) is 5.11. The van der Waals surface area contributed by atoms with E-state index in [1.807, 2.05) is 0 Å². The SMILES string of the molecule is [C-]#[N+]C(C)C(F)(F)C(F)F. The molecule has 0 bridgehead atoms. The number of halogens is 4. The van der Waals surface area contributed by atoms with Crippen LogP contribution in [0.2, 0.25) is 0 Å². The molecule has 1 atom stereocenters. The molecular weight excluding hydrogens is 150 g/mol. The summed E-state index contributed by atoms with van der Waals surface area (Å²) in [6.45, 7) is 6.83. The fraction of sp³-hybridized carbons (Fsp3) is 0.800. The summed E-state index contributed by atoms with van der Waals surface area (Å²) in [4.78, 5) is 2.30. The smallest absolute Gasteiger partial charge is 0.307 e. The van der Waals surface area contributed by atoms with Gasteiger partial charge < -0.3 is 4.85 Å². The second kappa shape index (κ2) is 2.86. The second-order valence-electron chi connectivity index (χ2n) is 1.78. The average Bonchev–Trinajstić information content (AvgIpc) is 1.86. The van der Waals surface area contributed by atoms with Crippen molar-refractivity contribution in [3.63, 3.8) is 0 Å². The van der Waals surface area contributed by atoms with Crippen LogP contribution in [-0.2, 0) is 0 Å². The molecule has 0 aliphatic carbocycles. The minimum atomic E-state index is -4.18. The molecule has 0 saturated carbocycles. The Bertz CT molecular complexity index is 148. The molecule has 0 aromatic carbocycles. The number of rotatable bonds is 2. The highest BCUT2D eigenvalue weighted by atomic mass is 19.3.